The molecule has 0 aromatic carbocycles. The van der Waals surface area contributed by atoms with Crippen LogP contribution in [0.1, 0.15) is 6.92 Å². The summed E-state index contributed by atoms with van der Waals surface area (Å²) in [4.78, 5) is 0.336. The number of sulfone groups is 1. The maximum absolute atomic E-state index is 11.5. The molecule has 0 radical (unpaired) electrons. The molecule has 1 atom stereocenters. The van der Waals surface area contributed by atoms with Crippen molar-refractivity contribution in [2.45, 2.75) is 12.5 Å². The summed E-state index contributed by atoms with van der Waals surface area (Å²) >= 11 is 0. The summed E-state index contributed by atoms with van der Waals surface area (Å²) in [6, 6.07) is 0. The quantitative estimate of drug-likeness (QED) is 0.648. The van der Waals surface area contributed by atoms with Gasteiger partial charge in [-0.1, -0.05) is 18.2 Å². The summed E-state index contributed by atoms with van der Waals surface area (Å²) in [6.07, 6.45) is 8.39. The van der Waals surface area contributed by atoms with Crippen molar-refractivity contribution < 1.29 is 8.42 Å². The second kappa shape index (κ2) is 2.68. The number of hydrogen-bond donors (Lipinski definition) is 1. The second-order valence-electron chi connectivity index (χ2n) is 3.70. The van der Waals surface area contributed by atoms with E-state index in [-0.39, 0.29) is 0 Å². The first-order valence-electron chi connectivity index (χ1n) is 4.26. The molecule has 2 rings (SSSR count). The molecule has 3 nitrogen and oxygen atoms in total. The maximum atomic E-state index is 11.5. The predicted octanol–water partition coefficient (Wildman–Crippen LogP) is 1.03. The van der Waals surface area contributed by atoms with Gasteiger partial charge < -0.3 is 5.73 Å². The Balaban J connectivity index is 2.58. The Morgan fingerprint density at radius 2 is 1.86 bits per heavy atom. The van der Waals surface area contributed by atoms with Gasteiger partial charge in [-0.05, 0) is 24.6 Å². The van der Waals surface area contributed by atoms with Gasteiger partial charge in [0.25, 0.3) is 0 Å². The van der Waals surface area contributed by atoms with Crippen LogP contribution in [0.4, 0.5) is 0 Å². The highest BCUT2D eigenvalue weighted by Crippen LogP contribution is 2.28. The van der Waals surface area contributed by atoms with Gasteiger partial charge >= 0.3 is 0 Å². The van der Waals surface area contributed by atoms with Crippen LogP contribution in [0, 0.1) is 0 Å². The molecule has 0 aromatic heterocycles. The zero-order chi connectivity index (χ0) is 10.4. The van der Waals surface area contributed by atoms with Crippen molar-refractivity contribution in [2.24, 2.45) is 5.73 Å². The highest BCUT2D eigenvalue weighted by atomic mass is 32.2. The van der Waals surface area contributed by atoms with E-state index in [1.807, 2.05) is 6.92 Å². The molecule has 0 fully saturated rings. The van der Waals surface area contributed by atoms with Crippen molar-refractivity contribution in [3.05, 3.63) is 46.3 Å². The van der Waals surface area contributed by atoms with Gasteiger partial charge in [-0.15, -0.1) is 0 Å². The van der Waals surface area contributed by atoms with Gasteiger partial charge in [0, 0.05) is 5.41 Å². The van der Waals surface area contributed by atoms with E-state index >= 15 is 0 Å². The fourth-order valence-electron chi connectivity index (χ4n) is 1.39. The van der Waals surface area contributed by atoms with Gasteiger partial charge in [-0.2, -0.15) is 0 Å². The molecule has 0 amide bonds. The van der Waals surface area contributed by atoms with Gasteiger partial charge in [0.1, 0.15) is 0 Å². The third kappa shape index (κ3) is 1.47. The summed E-state index contributed by atoms with van der Waals surface area (Å²) in [7, 11) is -3.22. The first-order valence-corrected chi connectivity index (χ1v) is 5.80. The molecule has 0 saturated heterocycles. The summed E-state index contributed by atoms with van der Waals surface area (Å²) in [5, 5.41) is 1.21. The van der Waals surface area contributed by atoms with Crippen LogP contribution in [-0.4, -0.2) is 14.0 Å². The van der Waals surface area contributed by atoms with Crippen molar-refractivity contribution in [3.63, 3.8) is 0 Å². The number of rotatable bonds is 0. The molecule has 2 aliphatic rings. The second-order valence-corrected chi connectivity index (χ2v) is 5.50. The molecule has 1 unspecified atom stereocenters. The first-order chi connectivity index (χ1) is 6.41. The minimum atomic E-state index is -3.22. The molecule has 1 aliphatic heterocycles. The topological polar surface area (TPSA) is 60.2 Å². The summed E-state index contributed by atoms with van der Waals surface area (Å²) in [5.74, 6) is 0. The molecule has 1 aliphatic carbocycles. The Hall–Kier alpha value is -1.13. The average molecular weight is 209 g/mol. The Morgan fingerprint density at radius 3 is 2.57 bits per heavy atom. The molecule has 74 valence electrons. The molecule has 0 aromatic rings. The van der Waals surface area contributed by atoms with Crippen molar-refractivity contribution in [3.8, 4) is 0 Å². The van der Waals surface area contributed by atoms with Gasteiger partial charge in [0.05, 0.1) is 10.4 Å². The van der Waals surface area contributed by atoms with Crippen molar-refractivity contribution in [1.29, 1.82) is 0 Å². The van der Waals surface area contributed by atoms with E-state index in [9.17, 15) is 8.42 Å². The van der Waals surface area contributed by atoms with E-state index < -0.39 is 15.4 Å². The molecule has 1 heterocycles. The van der Waals surface area contributed by atoms with Crippen LogP contribution in [0.15, 0.2) is 46.3 Å². The monoisotopic (exact) mass is 209 g/mol. The van der Waals surface area contributed by atoms with Gasteiger partial charge in [0.15, 0.2) is 9.84 Å². The lowest BCUT2D eigenvalue weighted by atomic mass is 10.0. The van der Waals surface area contributed by atoms with E-state index in [1.54, 1.807) is 30.4 Å². The predicted molar refractivity (Wildman–Crippen MR) is 56.0 cm³/mol. The summed E-state index contributed by atoms with van der Waals surface area (Å²) in [6.45, 7) is 1.82. The van der Waals surface area contributed by atoms with Gasteiger partial charge in [-0.3, -0.25) is 0 Å². The number of hydrogen-bond acceptors (Lipinski definition) is 3. The highest BCUT2D eigenvalue weighted by molar-refractivity contribution is 7.98. The fraction of sp³-hybridized carbons (Fsp3) is 0.200. The summed E-state index contributed by atoms with van der Waals surface area (Å²) < 4.78 is 23.0. The van der Waals surface area contributed by atoms with E-state index in [2.05, 4.69) is 0 Å². The van der Waals surface area contributed by atoms with Crippen molar-refractivity contribution in [2.75, 3.05) is 0 Å². The molecular weight excluding hydrogens is 198 g/mol. The van der Waals surface area contributed by atoms with Gasteiger partial charge in [-0.25, -0.2) is 8.42 Å². The first kappa shape index (κ1) is 9.43. The average Bonchev–Trinajstić information content (AvgIpc) is 2.23. The lowest BCUT2D eigenvalue weighted by molar-refractivity contribution is 0.611. The Labute approximate surface area is 83.2 Å². The van der Waals surface area contributed by atoms with Crippen LogP contribution in [0.25, 0.3) is 0 Å². The molecule has 4 heteroatoms. The molecular formula is C10H11NO2S. The lowest BCUT2D eigenvalue weighted by Crippen LogP contribution is -2.30. The minimum absolute atomic E-state index is 0.336. The van der Waals surface area contributed by atoms with Crippen molar-refractivity contribution in [1.82, 2.24) is 0 Å². The SMILES string of the molecule is CC1(N)C=CC2=C(C=C1)S(=O)(=O)C=C2. The third-order valence-electron chi connectivity index (χ3n) is 2.23. The largest absolute Gasteiger partial charge is 0.319 e. The molecule has 2 N–H and O–H groups in total. The Morgan fingerprint density at radius 1 is 1.21 bits per heavy atom. The van der Waals surface area contributed by atoms with Crippen LogP contribution >= 0.6 is 0 Å². The Kier molecular flexibility index (Phi) is 1.81. The zero-order valence-corrected chi connectivity index (χ0v) is 8.58. The van der Waals surface area contributed by atoms with Gasteiger partial charge in [0.2, 0.25) is 0 Å². The van der Waals surface area contributed by atoms with E-state index in [1.165, 1.54) is 5.41 Å². The zero-order valence-electron chi connectivity index (χ0n) is 7.77. The standard InChI is InChI=1S/C10H11NO2S/c1-10(11)5-2-8-4-7-14(12,13)9(8)3-6-10/h2-7H,11H2,1H3. The third-order valence-corrected chi connectivity index (χ3v) is 3.71. The van der Waals surface area contributed by atoms with Crippen LogP contribution in [0.2, 0.25) is 0 Å². The maximum Gasteiger partial charge on any atom is 0.200 e. The molecule has 14 heavy (non-hydrogen) atoms. The van der Waals surface area contributed by atoms with E-state index in [0.717, 1.165) is 0 Å². The number of nitrogens with two attached hydrogens (primary N) is 1. The fourth-order valence-corrected chi connectivity index (χ4v) is 2.59. The van der Waals surface area contributed by atoms with Crippen LogP contribution in [0.3, 0.4) is 0 Å². The highest BCUT2D eigenvalue weighted by Gasteiger charge is 2.24. The smallest absolute Gasteiger partial charge is 0.200 e. The lowest BCUT2D eigenvalue weighted by Gasteiger charge is -2.12. The Bertz CT molecular complexity index is 490. The molecule has 0 bridgehead atoms. The summed E-state index contributed by atoms with van der Waals surface area (Å²) in [5.41, 5.74) is 5.98. The van der Waals surface area contributed by atoms with Crippen LogP contribution in [0.5, 0.6) is 0 Å². The normalized spacial score (nSPS) is 33.3. The van der Waals surface area contributed by atoms with Crippen LogP contribution in [-0.2, 0) is 9.84 Å². The molecule has 0 spiro atoms. The van der Waals surface area contributed by atoms with Crippen molar-refractivity contribution >= 4 is 9.84 Å². The van der Waals surface area contributed by atoms with E-state index in [4.69, 9.17) is 5.73 Å². The minimum Gasteiger partial charge on any atom is -0.319 e. The van der Waals surface area contributed by atoms with E-state index in [0.29, 0.717) is 10.5 Å². The molecule has 0 saturated carbocycles. The van der Waals surface area contributed by atoms with Crippen LogP contribution < -0.4 is 5.73 Å². The number of allylic oxidation sites excluding steroid dienone is 4.